The van der Waals surface area contributed by atoms with Crippen molar-refractivity contribution in [3.63, 3.8) is 0 Å². The minimum atomic E-state index is -0.615. The average Bonchev–Trinajstić information content (AvgIpc) is 2.31. The number of carbonyl (C=O) groups is 3. The summed E-state index contributed by atoms with van der Waals surface area (Å²) in [6.07, 6.45) is 1.37. The first-order valence-corrected chi connectivity index (χ1v) is 5.33. The molecule has 18 heavy (non-hydrogen) atoms. The number of hydrogen-bond donors (Lipinski definition) is 2. The van der Waals surface area contributed by atoms with E-state index < -0.39 is 17.9 Å². The first kappa shape index (κ1) is 15.8. The van der Waals surface area contributed by atoms with E-state index in [2.05, 4.69) is 26.9 Å². The zero-order chi connectivity index (χ0) is 14.0. The number of rotatable bonds is 6. The average molecular weight is 255 g/mol. The maximum absolute atomic E-state index is 11.2. The zero-order valence-corrected chi connectivity index (χ0v) is 10.5. The molecule has 3 amide bonds. The Balaban J connectivity index is 3.63. The SMILES string of the molecule is C=C(C)C(=O)OCC(=O)NCCNC(=O)/N=C/C. The third-order valence-electron chi connectivity index (χ3n) is 1.65. The van der Waals surface area contributed by atoms with Gasteiger partial charge in [0.15, 0.2) is 6.61 Å². The maximum atomic E-state index is 11.2. The van der Waals surface area contributed by atoms with Crippen LogP contribution >= 0.6 is 0 Å². The maximum Gasteiger partial charge on any atom is 0.340 e. The van der Waals surface area contributed by atoms with E-state index in [1.54, 1.807) is 6.92 Å². The van der Waals surface area contributed by atoms with E-state index in [0.717, 1.165) is 0 Å². The molecule has 0 rings (SSSR count). The van der Waals surface area contributed by atoms with Crippen LogP contribution in [0.1, 0.15) is 13.8 Å². The highest BCUT2D eigenvalue weighted by molar-refractivity contribution is 5.89. The van der Waals surface area contributed by atoms with Crippen LogP contribution in [0.5, 0.6) is 0 Å². The molecule has 0 saturated heterocycles. The summed E-state index contributed by atoms with van der Waals surface area (Å²) >= 11 is 0. The minimum Gasteiger partial charge on any atom is -0.452 e. The number of urea groups is 1. The van der Waals surface area contributed by atoms with E-state index in [1.807, 2.05) is 0 Å². The van der Waals surface area contributed by atoms with E-state index in [1.165, 1.54) is 13.1 Å². The van der Waals surface area contributed by atoms with Crippen LogP contribution in [0, 0.1) is 0 Å². The lowest BCUT2D eigenvalue weighted by Crippen LogP contribution is -2.35. The van der Waals surface area contributed by atoms with Crippen LogP contribution in [-0.2, 0) is 14.3 Å². The molecule has 0 aromatic heterocycles. The largest absolute Gasteiger partial charge is 0.452 e. The summed E-state index contributed by atoms with van der Waals surface area (Å²) in [6.45, 7) is 6.60. The van der Waals surface area contributed by atoms with Crippen LogP contribution < -0.4 is 10.6 Å². The Labute approximate surface area is 105 Å². The molecule has 0 bridgehead atoms. The van der Waals surface area contributed by atoms with Gasteiger partial charge in [-0.05, 0) is 13.8 Å². The molecular weight excluding hydrogens is 238 g/mol. The molecule has 0 radical (unpaired) electrons. The van der Waals surface area contributed by atoms with Gasteiger partial charge in [0.1, 0.15) is 0 Å². The van der Waals surface area contributed by atoms with Crippen LogP contribution in [0.4, 0.5) is 4.79 Å². The molecule has 0 saturated carbocycles. The van der Waals surface area contributed by atoms with E-state index in [0.29, 0.717) is 0 Å². The van der Waals surface area contributed by atoms with Crippen molar-refractivity contribution in [2.24, 2.45) is 4.99 Å². The molecule has 100 valence electrons. The van der Waals surface area contributed by atoms with Gasteiger partial charge in [-0.1, -0.05) is 6.58 Å². The number of hydrogen-bond acceptors (Lipinski definition) is 4. The molecule has 0 spiro atoms. The molecule has 0 unspecified atom stereocenters. The second-order valence-corrected chi connectivity index (χ2v) is 3.33. The molecule has 0 aliphatic carbocycles. The Bertz CT molecular complexity index is 363. The van der Waals surface area contributed by atoms with Gasteiger partial charge in [-0.15, -0.1) is 0 Å². The van der Waals surface area contributed by atoms with Crippen molar-refractivity contribution in [2.45, 2.75) is 13.8 Å². The Morgan fingerprint density at radius 1 is 1.28 bits per heavy atom. The molecule has 0 heterocycles. The molecule has 0 fully saturated rings. The van der Waals surface area contributed by atoms with Crippen molar-refractivity contribution < 1.29 is 19.1 Å². The number of ether oxygens (including phenoxy) is 1. The summed E-state index contributed by atoms with van der Waals surface area (Å²) in [4.78, 5) is 36.5. The third kappa shape index (κ3) is 8.03. The van der Waals surface area contributed by atoms with E-state index in [4.69, 9.17) is 0 Å². The van der Waals surface area contributed by atoms with Gasteiger partial charge >= 0.3 is 12.0 Å². The fourth-order valence-electron chi connectivity index (χ4n) is 0.840. The van der Waals surface area contributed by atoms with Gasteiger partial charge in [0.25, 0.3) is 5.91 Å². The number of carbonyl (C=O) groups excluding carboxylic acids is 3. The van der Waals surface area contributed by atoms with Gasteiger partial charge in [-0.25, -0.2) is 14.6 Å². The lowest BCUT2D eigenvalue weighted by molar-refractivity contribution is -0.144. The first-order chi connectivity index (χ1) is 8.47. The fourth-order valence-corrected chi connectivity index (χ4v) is 0.840. The van der Waals surface area contributed by atoms with E-state index in [9.17, 15) is 14.4 Å². The Morgan fingerprint density at radius 2 is 1.89 bits per heavy atom. The predicted octanol–water partition coefficient (Wildman–Crippen LogP) is 0.0222. The van der Waals surface area contributed by atoms with Gasteiger partial charge < -0.3 is 15.4 Å². The van der Waals surface area contributed by atoms with Crippen LogP contribution in [0.15, 0.2) is 17.1 Å². The van der Waals surface area contributed by atoms with E-state index >= 15 is 0 Å². The summed E-state index contributed by atoms with van der Waals surface area (Å²) in [5.74, 6) is -1.06. The van der Waals surface area contributed by atoms with Gasteiger partial charge in [0.2, 0.25) is 0 Å². The molecule has 7 nitrogen and oxygen atoms in total. The Kier molecular flexibility index (Phi) is 7.83. The zero-order valence-electron chi connectivity index (χ0n) is 10.5. The molecule has 0 aliphatic heterocycles. The van der Waals surface area contributed by atoms with Crippen molar-refractivity contribution in [1.82, 2.24) is 10.6 Å². The van der Waals surface area contributed by atoms with Crippen molar-refractivity contribution in [3.8, 4) is 0 Å². The van der Waals surface area contributed by atoms with E-state index in [-0.39, 0.29) is 25.3 Å². The molecule has 0 aromatic rings. The summed E-state index contributed by atoms with van der Waals surface area (Å²) in [5.41, 5.74) is 0.229. The fraction of sp³-hybridized carbons (Fsp3) is 0.455. The first-order valence-electron chi connectivity index (χ1n) is 5.33. The van der Waals surface area contributed by atoms with Gasteiger partial charge in [-0.2, -0.15) is 0 Å². The topological polar surface area (TPSA) is 96.9 Å². The minimum absolute atomic E-state index is 0.229. The second-order valence-electron chi connectivity index (χ2n) is 3.33. The predicted molar refractivity (Wildman–Crippen MR) is 66.3 cm³/mol. The molecule has 0 aromatic carbocycles. The number of esters is 1. The number of amides is 3. The smallest absolute Gasteiger partial charge is 0.340 e. The monoisotopic (exact) mass is 255 g/mol. The van der Waals surface area contributed by atoms with Gasteiger partial charge in [0, 0.05) is 24.9 Å². The van der Waals surface area contributed by atoms with Crippen molar-refractivity contribution in [2.75, 3.05) is 19.7 Å². The number of aliphatic imine (C=N–C) groups is 1. The summed E-state index contributed by atoms with van der Waals surface area (Å²) in [7, 11) is 0. The summed E-state index contributed by atoms with van der Waals surface area (Å²) < 4.78 is 4.62. The molecule has 7 heteroatoms. The molecule has 0 atom stereocenters. The molecule has 2 N–H and O–H groups in total. The third-order valence-corrected chi connectivity index (χ3v) is 1.65. The highest BCUT2D eigenvalue weighted by Gasteiger charge is 2.07. The van der Waals surface area contributed by atoms with Gasteiger partial charge in [-0.3, -0.25) is 4.79 Å². The normalized spacial score (nSPS) is 9.89. The lowest BCUT2D eigenvalue weighted by atomic mass is 10.4. The van der Waals surface area contributed by atoms with Crippen LogP contribution in [0.25, 0.3) is 0 Å². The van der Waals surface area contributed by atoms with Crippen molar-refractivity contribution in [3.05, 3.63) is 12.2 Å². The quantitative estimate of drug-likeness (QED) is 0.303. The Hall–Kier alpha value is -2.18. The number of nitrogens with zero attached hydrogens (tertiary/aromatic N) is 1. The highest BCUT2D eigenvalue weighted by atomic mass is 16.5. The second kappa shape index (κ2) is 8.91. The number of nitrogens with one attached hydrogen (secondary N) is 2. The lowest BCUT2D eigenvalue weighted by Gasteiger charge is -2.06. The standard InChI is InChI=1S/C11H17N3O4/c1-4-12-11(17)14-6-5-13-9(15)7-18-10(16)8(2)3/h4H,2,5-7H2,1,3H3,(H,13,15)(H,14,17)/b12-4+. The summed E-state index contributed by atoms with van der Waals surface area (Å²) in [5, 5.41) is 4.91. The van der Waals surface area contributed by atoms with Gasteiger partial charge in [0.05, 0.1) is 0 Å². The van der Waals surface area contributed by atoms with Crippen LogP contribution in [0.2, 0.25) is 0 Å². The summed E-state index contributed by atoms with van der Waals surface area (Å²) in [6, 6.07) is -0.472. The Morgan fingerprint density at radius 3 is 2.44 bits per heavy atom. The van der Waals surface area contributed by atoms with Crippen LogP contribution in [-0.4, -0.2) is 43.8 Å². The highest BCUT2D eigenvalue weighted by Crippen LogP contribution is 1.90. The van der Waals surface area contributed by atoms with Crippen molar-refractivity contribution >= 4 is 24.1 Å². The molecule has 0 aliphatic rings. The molecular formula is C11H17N3O4. The van der Waals surface area contributed by atoms with Crippen molar-refractivity contribution in [1.29, 1.82) is 0 Å². The van der Waals surface area contributed by atoms with Crippen LogP contribution in [0.3, 0.4) is 0 Å².